The predicted octanol–water partition coefficient (Wildman–Crippen LogP) is 1.09. The number of amides is 1. The van der Waals surface area contributed by atoms with Crippen molar-refractivity contribution in [1.29, 1.82) is 0 Å². The summed E-state index contributed by atoms with van der Waals surface area (Å²) in [7, 11) is 0. The lowest BCUT2D eigenvalue weighted by Gasteiger charge is -2.22. The number of nitrogens with two attached hydrogens (primary N) is 1. The Kier molecular flexibility index (Phi) is 2.52. The summed E-state index contributed by atoms with van der Waals surface area (Å²) in [6, 6.07) is 1.69. The SMILES string of the molecule is CC1(CN)CCN(C(=O)c2ccoc2)C1. The summed E-state index contributed by atoms with van der Waals surface area (Å²) >= 11 is 0. The fourth-order valence-electron chi connectivity index (χ4n) is 1.93. The fourth-order valence-corrected chi connectivity index (χ4v) is 1.93. The third kappa shape index (κ3) is 1.90. The maximum Gasteiger partial charge on any atom is 0.257 e. The Labute approximate surface area is 89.0 Å². The molecule has 1 amide bonds. The molecule has 1 aromatic heterocycles. The predicted molar refractivity (Wildman–Crippen MR) is 56.4 cm³/mol. The molecular formula is C11H16N2O2. The summed E-state index contributed by atoms with van der Waals surface area (Å²) < 4.78 is 4.90. The number of likely N-dealkylation sites (tertiary alicyclic amines) is 1. The van der Waals surface area contributed by atoms with E-state index >= 15 is 0 Å². The number of nitrogens with zero attached hydrogens (tertiary/aromatic N) is 1. The molecule has 4 heteroatoms. The summed E-state index contributed by atoms with van der Waals surface area (Å²) in [6.45, 7) is 4.28. The quantitative estimate of drug-likeness (QED) is 0.791. The van der Waals surface area contributed by atoms with E-state index < -0.39 is 0 Å². The van der Waals surface area contributed by atoms with E-state index in [0.29, 0.717) is 12.1 Å². The molecule has 15 heavy (non-hydrogen) atoms. The second-order valence-corrected chi connectivity index (χ2v) is 4.50. The van der Waals surface area contributed by atoms with Gasteiger partial charge in [-0.1, -0.05) is 6.92 Å². The van der Waals surface area contributed by atoms with Gasteiger partial charge in [-0.05, 0) is 24.4 Å². The summed E-state index contributed by atoms with van der Waals surface area (Å²) in [5, 5.41) is 0. The van der Waals surface area contributed by atoms with Gasteiger partial charge in [0.05, 0.1) is 11.8 Å². The zero-order chi connectivity index (χ0) is 10.9. The first-order chi connectivity index (χ1) is 7.14. The van der Waals surface area contributed by atoms with E-state index in [9.17, 15) is 4.79 Å². The van der Waals surface area contributed by atoms with E-state index in [4.69, 9.17) is 10.2 Å². The largest absolute Gasteiger partial charge is 0.472 e. The van der Waals surface area contributed by atoms with E-state index in [-0.39, 0.29) is 11.3 Å². The van der Waals surface area contributed by atoms with Crippen molar-refractivity contribution < 1.29 is 9.21 Å². The smallest absolute Gasteiger partial charge is 0.257 e. The molecule has 2 rings (SSSR count). The Hall–Kier alpha value is -1.29. The molecule has 1 aliphatic heterocycles. The average Bonchev–Trinajstić information content (AvgIpc) is 2.86. The molecule has 0 aliphatic carbocycles. The van der Waals surface area contributed by atoms with Gasteiger partial charge in [0.1, 0.15) is 6.26 Å². The second-order valence-electron chi connectivity index (χ2n) is 4.50. The molecule has 1 atom stereocenters. The van der Waals surface area contributed by atoms with Crippen molar-refractivity contribution in [2.75, 3.05) is 19.6 Å². The van der Waals surface area contributed by atoms with E-state index in [2.05, 4.69) is 6.92 Å². The highest BCUT2D eigenvalue weighted by Gasteiger charge is 2.35. The van der Waals surface area contributed by atoms with Crippen LogP contribution in [0.1, 0.15) is 23.7 Å². The standard InChI is InChI=1S/C11H16N2O2/c1-11(7-12)3-4-13(8-11)10(14)9-2-5-15-6-9/h2,5-6H,3-4,7-8,12H2,1H3. The number of rotatable bonds is 2. The zero-order valence-corrected chi connectivity index (χ0v) is 8.90. The molecule has 1 aliphatic rings. The monoisotopic (exact) mass is 208 g/mol. The number of hydrogen-bond acceptors (Lipinski definition) is 3. The first-order valence-corrected chi connectivity index (χ1v) is 5.16. The number of carbonyl (C=O) groups excluding carboxylic acids is 1. The third-order valence-corrected chi connectivity index (χ3v) is 3.11. The van der Waals surface area contributed by atoms with Gasteiger partial charge in [-0.15, -0.1) is 0 Å². The number of furan rings is 1. The van der Waals surface area contributed by atoms with E-state index in [1.165, 1.54) is 12.5 Å². The molecular weight excluding hydrogens is 192 g/mol. The maximum absolute atomic E-state index is 11.9. The maximum atomic E-state index is 11.9. The average molecular weight is 208 g/mol. The number of carbonyl (C=O) groups is 1. The van der Waals surface area contributed by atoms with E-state index in [0.717, 1.165) is 19.5 Å². The molecule has 82 valence electrons. The Bertz CT molecular complexity index is 347. The molecule has 1 fully saturated rings. The van der Waals surface area contributed by atoms with Crippen LogP contribution >= 0.6 is 0 Å². The molecule has 0 bridgehead atoms. The Balaban J connectivity index is 2.06. The van der Waals surface area contributed by atoms with Gasteiger partial charge in [0, 0.05) is 13.1 Å². The van der Waals surface area contributed by atoms with Crippen LogP contribution in [-0.2, 0) is 0 Å². The minimum Gasteiger partial charge on any atom is -0.472 e. The third-order valence-electron chi connectivity index (χ3n) is 3.11. The molecule has 4 nitrogen and oxygen atoms in total. The van der Waals surface area contributed by atoms with Crippen molar-refractivity contribution in [3.63, 3.8) is 0 Å². The van der Waals surface area contributed by atoms with Crippen LogP contribution in [-0.4, -0.2) is 30.4 Å². The van der Waals surface area contributed by atoms with Crippen LogP contribution in [0.3, 0.4) is 0 Å². The summed E-state index contributed by atoms with van der Waals surface area (Å²) in [6.07, 6.45) is 3.99. The van der Waals surface area contributed by atoms with Crippen molar-refractivity contribution in [3.05, 3.63) is 24.2 Å². The zero-order valence-electron chi connectivity index (χ0n) is 8.90. The molecule has 2 N–H and O–H groups in total. The van der Waals surface area contributed by atoms with E-state index in [1.54, 1.807) is 6.07 Å². The first-order valence-electron chi connectivity index (χ1n) is 5.16. The first kappa shape index (κ1) is 10.2. The molecule has 0 radical (unpaired) electrons. The van der Waals surface area contributed by atoms with Crippen molar-refractivity contribution in [3.8, 4) is 0 Å². The molecule has 1 unspecified atom stereocenters. The van der Waals surface area contributed by atoms with Gasteiger partial charge >= 0.3 is 0 Å². The van der Waals surface area contributed by atoms with Gasteiger partial charge in [-0.3, -0.25) is 4.79 Å². The van der Waals surface area contributed by atoms with Gasteiger partial charge in [0.15, 0.2) is 0 Å². The van der Waals surface area contributed by atoms with Crippen LogP contribution in [0, 0.1) is 5.41 Å². The normalized spacial score (nSPS) is 25.9. The summed E-state index contributed by atoms with van der Waals surface area (Å²) in [5.41, 5.74) is 6.40. The van der Waals surface area contributed by atoms with Crippen molar-refractivity contribution >= 4 is 5.91 Å². The summed E-state index contributed by atoms with van der Waals surface area (Å²) in [5.74, 6) is 0.0425. The highest BCUT2D eigenvalue weighted by atomic mass is 16.3. The topological polar surface area (TPSA) is 59.5 Å². The lowest BCUT2D eigenvalue weighted by atomic mass is 9.90. The molecule has 2 heterocycles. The van der Waals surface area contributed by atoms with E-state index in [1.807, 2.05) is 4.90 Å². The Morgan fingerprint density at radius 2 is 2.53 bits per heavy atom. The fraction of sp³-hybridized carbons (Fsp3) is 0.545. The second kappa shape index (κ2) is 3.70. The highest BCUT2D eigenvalue weighted by Crippen LogP contribution is 2.29. The van der Waals surface area contributed by atoms with Crippen LogP contribution in [0.4, 0.5) is 0 Å². The van der Waals surface area contributed by atoms with Crippen LogP contribution < -0.4 is 5.73 Å². The van der Waals surface area contributed by atoms with Crippen LogP contribution in [0.25, 0.3) is 0 Å². The highest BCUT2D eigenvalue weighted by molar-refractivity contribution is 5.94. The van der Waals surface area contributed by atoms with Crippen LogP contribution in [0.15, 0.2) is 23.0 Å². The molecule has 0 spiro atoms. The molecule has 0 saturated carbocycles. The Morgan fingerprint density at radius 1 is 1.73 bits per heavy atom. The number of hydrogen-bond donors (Lipinski definition) is 1. The summed E-state index contributed by atoms with van der Waals surface area (Å²) in [4.78, 5) is 13.8. The van der Waals surface area contributed by atoms with Gasteiger partial charge in [0.2, 0.25) is 0 Å². The van der Waals surface area contributed by atoms with Crippen molar-refractivity contribution in [2.24, 2.45) is 11.1 Å². The minimum absolute atomic E-state index is 0.0425. The van der Waals surface area contributed by atoms with Gasteiger partial charge in [-0.25, -0.2) is 0 Å². The van der Waals surface area contributed by atoms with Crippen LogP contribution in [0.2, 0.25) is 0 Å². The molecule has 0 aromatic carbocycles. The van der Waals surface area contributed by atoms with Crippen molar-refractivity contribution in [2.45, 2.75) is 13.3 Å². The minimum atomic E-state index is 0.0425. The Morgan fingerprint density at radius 3 is 3.07 bits per heavy atom. The van der Waals surface area contributed by atoms with Crippen molar-refractivity contribution in [1.82, 2.24) is 4.90 Å². The molecule has 1 aromatic rings. The van der Waals surface area contributed by atoms with Gasteiger partial charge < -0.3 is 15.1 Å². The molecule has 1 saturated heterocycles. The lowest BCUT2D eigenvalue weighted by Crippen LogP contribution is -2.34. The van der Waals surface area contributed by atoms with Crippen LogP contribution in [0.5, 0.6) is 0 Å². The van der Waals surface area contributed by atoms with Gasteiger partial charge in [0.25, 0.3) is 5.91 Å². The van der Waals surface area contributed by atoms with Gasteiger partial charge in [-0.2, -0.15) is 0 Å². The lowest BCUT2D eigenvalue weighted by molar-refractivity contribution is 0.0776.